The van der Waals surface area contributed by atoms with Crippen molar-refractivity contribution in [1.82, 2.24) is 0 Å². The molecule has 0 spiro atoms. The molecule has 0 amide bonds. The molecule has 1 N–H and O–H groups in total. The van der Waals surface area contributed by atoms with Gasteiger partial charge in [0, 0.05) is 0 Å². The fourth-order valence-corrected chi connectivity index (χ4v) is 1.28. The molecule has 0 fully saturated rings. The average molecular weight is 302 g/mol. The fourth-order valence-electron chi connectivity index (χ4n) is 0.728. The smallest absolute Gasteiger partial charge is 0.338 e. The van der Waals surface area contributed by atoms with Crippen LogP contribution in [0.1, 0.15) is 10.4 Å². The molecule has 1 aromatic rings. The Labute approximate surface area is 84.5 Å². The number of hydrogen-bond donors (Lipinski definition) is 1. The molecule has 1 rings (SSSR count). The molecule has 0 saturated heterocycles. The van der Waals surface area contributed by atoms with E-state index in [-0.39, 0.29) is 0 Å². The van der Waals surface area contributed by atoms with Crippen LogP contribution in [-0.2, 0) is 0 Å². The first kappa shape index (κ1) is 10.3. The molecule has 70 valence electrons. The van der Waals surface area contributed by atoms with Gasteiger partial charge in [0.15, 0.2) is 17.5 Å². The molecule has 0 radical (unpaired) electrons. The van der Waals surface area contributed by atoms with Crippen molar-refractivity contribution < 1.29 is 23.1 Å². The number of hydrogen-bond acceptors (Lipinski definition) is 1. The first-order valence-corrected chi connectivity index (χ1v) is 4.09. The predicted molar refractivity (Wildman–Crippen MR) is 46.0 cm³/mol. The summed E-state index contributed by atoms with van der Waals surface area (Å²) >= 11 is 1.20. The van der Waals surface area contributed by atoms with Gasteiger partial charge in [0.25, 0.3) is 0 Å². The molecule has 2 nitrogen and oxygen atoms in total. The van der Waals surface area contributed by atoms with Gasteiger partial charge in [-0.05, 0) is 28.7 Å². The standard InChI is InChI=1S/C7H2F3IO2/c8-3-1-2(7(12)13)4(9)6(11)5(3)10/h1H,(H,12,13). The van der Waals surface area contributed by atoms with E-state index in [1.54, 1.807) is 0 Å². The van der Waals surface area contributed by atoms with Crippen LogP contribution in [0, 0.1) is 21.0 Å². The minimum atomic E-state index is -1.63. The minimum absolute atomic E-state index is 0.315. The van der Waals surface area contributed by atoms with E-state index < -0.39 is 32.6 Å². The van der Waals surface area contributed by atoms with E-state index in [4.69, 9.17) is 5.11 Å². The average Bonchev–Trinajstić information content (AvgIpc) is 2.07. The van der Waals surface area contributed by atoms with Crippen molar-refractivity contribution in [1.29, 1.82) is 0 Å². The lowest BCUT2D eigenvalue weighted by molar-refractivity contribution is 0.0691. The van der Waals surface area contributed by atoms with Crippen molar-refractivity contribution in [3.63, 3.8) is 0 Å². The topological polar surface area (TPSA) is 37.3 Å². The van der Waals surface area contributed by atoms with E-state index in [0.29, 0.717) is 6.07 Å². The van der Waals surface area contributed by atoms with Crippen LogP contribution in [0.15, 0.2) is 6.07 Å². The van der Waals surface area contributed by atoms with Gasteiger partial charge in [-0.1, -0.05) is 0 Å². The molecular formula is C7H2F3IO2. The second-order valence-corrected chi connectivity index (χ2v) is 3.23. The van der Waals surface area contributed by atoms with Gasteiger partial charge in [-0.15, -0.1) is 0 Å². The molecule has 1 aromatic carbocycles. The summed E-state index contributed by atoms with van der Waals surface area (Å²) in [5.41, 5.74) is -0.872. The van der Waals surface area contributed by atoms with Crippen molar-refractivity contribution in [3.8, 4) is 0 Å². The van der Waals surface area contributed by atoms with Crippen LogP contribution >= 0.6 is 22.6 Å². The summed E-state index contributed by atoms with van der Waals surface area (Å²) in [5, 5.41) is 8.37. The summed E-state index contributed by atoms with van der Waals surface area (Å²) in [7, 11) is 0. The van der Waals surface area contributed by atoms with Gasteiger partial charge >= 0.3 is 5.97 Å². The van der Waals surface area contributed by atoms with Gasteiger partial charge in [-0.3, -0.25) is 0 Å². The van der Waals surface area contributed by atoms with Crippen molar-refractivity contribution in [2.24, 2.45) is 0 Å². The molecule has 0 unspecified atom stereocenters. The van der Waals surface area contributed by atoms with Crippen molar-refractivity contribution in [2.75, 3.05) is 0 Å². The van der Waals surface area contributed by atoms with E-state index in [9.17, 15) is 18.0 Å². The molecule has 0 aliphatic heterocycles. The summed E-state index contributed by atoms with van der Waals surface area (Å²) in [6, 6.07) is 0.315. The Morgan fingerprint density at radius 2 is 1.85 bits per heavy atom. The maximum Gasteiger partial charge on any atom is 0.338 e. The third-order valence-electron chi connectivity index (χ3n) is 1.33. The summed E-state index contributed by atoms with van der Waals surface area (Å²) in [5.74, 6) is -5.63. The maximum atomic E-state index is 12.9. The maximum absolute atomic E-state index is 12.9. The van der Waals surface area contributed by atoms with Crippen molar-refractivity contribution in [3.05, 3.63) is 32.7 Å². The van der Waals surface area contributed by atoms with Crippen LogP contribution in [0.5, 0.6) is 0 Å². The van der Waals surface area contributed by atoms with Crippen molar-refractivity contribution in [2.45, 2.75) is 0 Å². The quantitative estimate of drug-likeness (QED) is 0.491. The van der Waals surface area contributed by atoms with Crippen LogP contribution in [-0.4, -0.2) is 11.1 Å². The number of carboxylic acid groups (broad SMARTS) is 1. The zero-order valence-electron chi connectivity index (χ0n) is 5.94. The largest absolute Gasteiger partial charge is 0.478 e. The third kappa shape index (κ3) is 1.77. The molecule has 0 aliphatic rings. The first-order valence-electron chi connectivity index (χ1n) is 3.01. The minimum Gasteiger partial charge on any atom is -0.478 e. The number of carbonyl (C=O) groups is 1. The highest BCUT2D eigenvalue weighted by atomic mass is 127. The van der Waals surface area contributed by atoms with Gasteiger partial charge in [0.2, 0.25) is 0 Å². The Balaban J connectivity index is 3.50. The first-order chi connectivity index (χ1) is 5.95. The summed E-state index contributed by atoms with van der Waals surface area (Å²) in [4.78, 5) is 10.3. The SMILES string of the molecule is O=C(O)c1cc(F)c(F)c(I)c1F. The molecule has 0 atom stereocenters. The Kier molecular flexibility index (Phi) is 2.79. The van der Waals surface area contributed by atoms with E-state index >= 15 is 0 Å². The molecular weight excluding hydrogens is 300 g/mol. The molecule has 0 bridgehead atoms. The highest BCUT2D eigenvalue weighted by Crippen LogP contribution is 2.21. The molecule has 6 heteroatoms. The summed E-state index contributed by atoms with van der Waals surface area (Å²) < 4.78 is 37.4. The van der Waals surface area contributed by atoms with Crippen LogP contribution in [0.3, 0.4) is 0 Å². The lowest BCUT2D eigenvalue weighted by Gasteiger charge is -2.01. The zero-order valence-corrected chi connectivity index (χ0v) is 8.10. The van der Waals surface area contributed by atoms with Crippen LogP contribution in [0.2, 0.25) is 0 Å². The van der Waals surface area contributed by atoms with E-state index in [1.807, 2.05) is 0 Å². The highest BCUT2D eigenvalue weighted by molar-refractivity contribution is 14.1. The Morgan fingerprint density at radius 1 is 1.31 bits per heavy atom. The molecule has 13 heavy (non-hydrogen) atoms. The van der Waals surface area contributed by atoms with Gasteiger partial charge in [-0.25, -0.2) is 18.0 Å². The molecule has 0 heterocycles. The van der Waals surface area contributed by atoms with E-state index in [0.717, 1.165) is 0 Å². The fraction of sp³-hybridized carbons (Fsp3) is 0. The predicted octanol–water partition coefficient (Wildman–Crippen LogP) is 2.41. The third-order valence-corrected chi connectivity index (χ3v) is 2.28. The lowest BCUT2D eigenvalue weighted by Crippen LogP contribution is -2.06. The van der Waals surface area contributed by atoms with Gasteiger partial charge in [-0.2, -0.15) is 0 Å². The number of benzene rings is 1. The monoisotopic (exact) mass is 302 g/mol. The number of rotatable bonds is 1. The molecule has 0 aliphatic carbocycles. The second kappa shape index (κ2) is 3.52. The van der Waals surface area contributed by atoms with Crippen LogP contribution < -0.4 is 0 Å². The Hall–Kier alpha value is -0.790. The van der Waals surface area contributed by atoms with Gasteiger partial charge in [0.1, 0.15) is 0 Å². The number of halogens is 4. The summed E-state index contributed by atoms with van der Waals surface area (Å²) in [6.07, 6.45) is 0. The second-order valence-electron chi connectivity index (χ2n) is 2.15. The number of carboxylic acids is 1. The summed E-state index contributed by atoms with van der Waals surface area (Å²) in [6.45, 7) is 0. The van der Waals surface area contributed by atoms with Crippen LogP contribution in [0.4, 0.5) is 13.2 Å². The lowest BCUT2D eigenvalue weighted by atomic mass is 10.2. The Bertz CT molecular complexity index is 378. The van der Waals surface area contributed by atoms with Gasteiger partial charge in [0.05, 0.1) is 9.13 Å². The van der Waals surface area contributed by atoms with Crippen molar-refractivity contribution >= 4 is 28.6 Å². The Morgan fingerprint density at radius 3 is 2.31 bits per heavy atom. The normalized spacial score (nSPS) is 10.2. The van der Waals surface area contributed by atoms with Gasteiger partial charge < -0.3 is 5.11 Å². The number of aromatic carboxylic acids is 1. The highest BCUT2D eigenvalue weighted by Gasteiger charge is 2.20. The van der Waals surface area contributed by atoms with E-state index in [1.165, 1.54) is 22.6 Å². The molecule has 0 aromatic heterocycles. The van der Waals surface area contributed by atoms with E-state index in [2.05, 4.69) is 0 Å². The van der Waals surface area contributed by atoms with Crippen LogP contribution in [0.25, 0.3) is 0 Å². The zero-order chi connectivity index (χ0) is 10.2. The molecule has 0 saturated carbocycles.